The first kappa shape index (κ1) is 19.0. The Morgan fingerprint density at radius 3 is 2.54 bits per heavy atom. The average molecular weight is 358 g/mol. The van der Waals surface area contributed by atoms with Crippen molar-refractivity contribution in [2.75, 3.05) is 6.61 Å². The molecule has 1 aromatic heterocycles. The second-order valence-corrected chi connectivity index (χ2v) is 7.71. The summed E-state index contributed by atoms with van der Waals surface area (Å²) in [4.78, 5) is 28.5. The van der Waals surface area contributed by atoms with Crippen molar-refractivity contribution in [3.05, 3.63) is 14.5 Å². The molecule has 1 aliphatic heterocycles. The molecular weight excluding hydrogens is 335 g/mol. The number of ether oxygens (including phenoxy) is 1. The smallest absolute Gasteiger partial charge is 0.311 e. The van der Waals surface area contributed by atoms with E-state index in [2.05, 4.69) is 4.99 Å². The van der Waals surface area contributed by atoms with Crippen LogP contribution in [0.4, 0.5) is 10.2 Å². The van der Waals surface area contributed by atoms with Gasteiger partial charge >= 0.3 is 4.87 Å². The Morgan fingerprint density at radius 2 is 2.08 bits per heavy atom. The van der Waals surface area contributed by atoms with Gasteiger partial charge in [-0.15, -0.1) is 0 Å². The number of aromatic nitrogens is 1. The zero-order chi connectivity index (χ0) is 18.2. The molecule has 0 amide bonds. The first-order chi connectivity index (χ1) is 11.1. The second-order valence-electron chi connectivity index (χ2n) is 6.74. The van der Waals surface area contributed by atoms with Crippen LogP contribution >= 0.6 is 11.3 Å². The van der Waals surface area contributed by atoms with Gasteiger partial charge in [-0.3, -0.25) is 14.2 Å². The quantitative estimate of drug-likeness (QED) is 0.648. The van der Waals surface area contributed by atoms with Gasteiger partial charge in [0.1, 0.15) is 16.8 Å². The van der Waals surface area contributed by atoms with Crippen molar-refractivity contribution in [1.82, 2.24) is 4.57 Å². The number of aliphatic hydroxyl groups excluding tert-OH is 1. The van der Waals surface area contributed by atoms with Gasteiger partial charge in [0.05, 0.1) is 12.7 Å². The van der Waals surface area contributed by atoms with Crippen LogP contribution in [0.3, 0.4) is 0 Å². The number of rotatable bonds is 5. The average Bonchev–Trinajstić information content (AvgIpc) is 2.99. The Kier molecular flexibility index (Phi) is 5.41. The zero-order valence-electron chi connectivity index (χ0n) is 14.5. The summed E-state index contributed by atoms with van der Waals surface area (Å²) in [6.07, 6.45) is -1.17. The highest BCUT2D eigenvalue weighted by Crippen LogP contribution is 2.44. The number of ketones is 1. The first-order valence-electron chi connectivity index (χ1n) is 7.79. The molecule has 0 unspecified atom stereocenters. The molecule has 0 radical (unpaired) electrons. The number of nitrogens with zero attached hydrogens (tertiary/aromatic N) is 2. The number of carbonyl (C=O) groups is 1. The zero-order valence-corrected chi connectivity index (χ0v) is 15.3. The SMILES string of the molecule is CC(=O)c1sc(=O)n([C@@H]2O[C@H](CO)C[C@H]2C(C)(C)F)c1N=C(C)C. The van der Waals surface area contributed by atoms with Gasteiger partial charge in [-0.05, 0) is 34.1 Å². The number of carbonyl (C=O) groups excluding carboxylic acids is 1. The molecule has 0 spiro atoms. The Balaban J connectivity index is 2.64. The van der Waals surface area contributed by atoms with Crippen LogP contribution in [0, 0.1) is 5.92 Å². The summed E-state index contributed by atoms with van der Waals surface area (Å²) in [5.74, 6) is -0.702. The third kappa shape index (κ3) is 3.65. The van der Waals surface area contributed by atoms with Crippen LogP contribution in [-0.2, 0) is 4.74 Å². The minimum absolute atomic E-state index is 0.204. The Bertz CT molecular complexity index is 713. The molecule has 2 heterocycles. The maximum atomic E-state index is 14.7. The molecule has 1 saturated heterocycles. The summed E-state index contributed by atoms with van der Waals surface area (Å²) in [6.45, 7) is 7.45. The van der Waals surface area contributed by atoms with E-state index in [1.165, 1.54) is 25.3 Å². The summed E-state index contributed by atoms with van der Waals surface area (Å²) < 4.78 is 21.6. The van der Waals surface area contributed by atoms with E-state index in [0.717, 1.165) is 11.3 Å². The highest BCUT2D eigenvalue weighted by Gasteiger charge is 2.47. The first-order valence-corrected chi connectivity index (χ1v) is 8.61. The molecule has 6 nitrogen and oxygen atoms in total. The molecule has 3 atom stereocenters. The van der Waals surface area contributed by atoms with Crippen LogP contribution in [0.25, 0.3) is 0 Å². The van der Waals surface area contributed by atoms with E-state index < -0.39 is 28.8 Å². The summed E-state index contributed by atoms with van der Waals surface area (Å²) in [7, 11) is 0. The topological polar surface area (TPSA) is 80.9 Å². The van der Waals surface area contributed by atoms with Crippen molar-refractivity contribution in [3.8, 4) is 0 Å². The predicted octanol–water partition coefficient (Wildman–Crippen LogP) is 2.87. The Labute approximate surface area is 144 Å². The lowest BCUT2D eigenvalue weighted by molar-refractivity contribution is -0.0524. The number of aliphatic imine (C=N–C) groups is 1. The van der Waals surface area contributed by atoms with Crippen LogP contribution in [0.5, 0.6) is 0 Å². The van der Waals surface area contributed by atoms with E-state index in [0.29, 0.717) is 5.71 Å². The van der Waals surface area contributed by atoms with Crippen LogP contribution in [0.1, 0.15) is 56.9 Å². The minimum Gasteiger partial charge on any atom is -0.394 e. The second kappa shape index (κ2) is 6.85. The number of alkyl halides is 1. The summed E-state index contributed by atoms with van der Waals surface area (Å²) in [6, 6.07) is 0. The lowest BCUT2D eigenvalue weighted by Gasteiger charge is -2.28. The highest BCUT2D eigenvalue weighted by atomic mass is 32.1. The fraction of sp³-hybridized carbons (Fsp3) is 0.688. The monoisotopic (exact) mass is 358 g/mol. The summed E-state index contributed by atoms with van der Waals surface area (Å²) in [5.41, 5.74) is -0.953. The normalized spacial score (nSPS) is 24.2. The van der Waals surface area contributed by atoms with Gasteiger partial charge < -0.3 is 9.84 Å². The van der Waals surface area contributed by atoms with Crippen molar-refractivity contribution in [2.45, 2.75) is 59.0 Å². The highest BCUT2D eigenvalue weighted by molar-refractivity contribution is 7.12. The third-order valence-electron chi connectivity index (χ3n) is 4.00. The lowest BCUT2D eigenvalue weighted by atomic mass is 9.88. The van der Waals surface area contributed by atoms with E-state index in [1.54, 1.807) is 13.8 Å². The fourth-order valence-electron chi connectivity index (χ4n) is 2.87. The predicted molar refractivity (Wildman–Crippen MR) is 91.3 cm³/mol. The van der Waals surface area contributed by atoms with Gasteiger partial charge in [-0.25, -0.2) is 9.38 Å². The molecule has 0 saturated carbocycles. The number of halogens is 1. The molecular formula is C16H23FN2O4S. The number of hydrogen-bond donors (Lipinski definition) is 1. The summed E-state index contributed by atoms with van der Waals surface area (Å²) in [5, 5.41) is 9.38. The van der Waals surface area contributed by atoms with E-state index in [4.69, 9.17) is 4.74 Å². The summed E-state index contributed by atoms with van der Waals surface area (Å²) >= 11 is 0.785. The molecule has 2 rings (SSSR count). The largest absolute Gasteiger partial charge is 0.394 e. The molecule has 8 heteroatoms. The fourth-order valence-corrected chi connectivity index (χ4v) is 3.72. The van der Waals surface area contributed by atoms with Crippen molar-refractivity contribution < 1.29 is 19.0 Å². The third-order valence-corrected chi connectivity index (χ3v) is 5.04. The molecule has 1 N–H and O–H groups in total. The van der Waals surface area contributed by atoms with Crippen molar-refractivity contribution in [1.29, 1.82) is 0 Å². The van der Waals surface area contributed by atoms with Gasteiger partial charge in [0, 0.05) is 18.6 Å². The van der Waals surface area contributed by atoms with Crippen molar-refractivity contribution in [3.63, 3.8) is 0 Å². The van der Waals surface area contributed by atoms with Gasteiger partial charge in [0.15, 0.2) is 11.6 Å². The Morgan fingerprint density at radius 1 is 1.46 bits per heavy atom. The van der Waals surface area contributed by atoms with Gasteiger partial charge in [0.2, 0.25) is 0 Å². The molecule has 134 valence electrons. The maximum Gasteiger partial charge on any atom is 0.311 e. The van der Waals surface area contributed by atoms with Gasteiger partial charge in [-0.2, -0.15) is 0 Å². The number of thiazole rings is 1. The van der Waals surface area contributed by atoms with Crippen LogP contribution in [0.15, 0.2) is 9.79 Å². The molecule has 0 aliphatic carbocycles. The van der Waals surface area contributed by atoms with E-state index in [-0.39, 0.29) is 29.5 Å². The number of Topliss-reactive ketones (excluding diaryl/α,β-unsaturated/α-hetero) is 1. The molecule has 1 aromatic rings. The van der Waals surface area contributed by atoms with Crippen LogP contribution < -0.4 is 4.87 Å². The van der Waals surface area contributed by atoms with Gasteiger partial charge in [-0.1, -0.05) is 11.3 Å². The molecule has 1 fully saturated rings. The van der Waals surface area contributed by atoms with Crippen LogP contribution in [-0.4, -0.2) is 39.5 Å². The van der Waals surface area contributed by atoms with E-state index >= 15 is 0 Å². The molecule has 24 heavy (non-hydrogen) atoms. The number of hydrogen-bond acceptors (Lipinski definition) is 6. The van der Waals surface area contributed by atoms with Crippen LogP contribution in [0.2, 0.25) is 0 Å². The van der Waals surface area contributed by atoms with Crippen molar-refractivity contribution in [2.24, 2.45) is 10.9 Å². The molecule has 0 bridgehead atoms. The van der Waals surface area contributed by atoms with Gasteiger partial charge in [0.25, 0.3) is 0 Å². The van der Waals surface area contributed by atoms with E-state index in [1.807, 2.05) is 0 Å². The molecule has 1 aliphatic rings. The molecule has 0 aromatic carbocycles. The number of aliphatic hydroxyl groups is 1. The van der Waals surface area contributed by atoms with Crippen molar-refractivity contribution >= 4 is 28.6 Å². The lowest BCUT2D eigenvalue weighted by Crippen LogP contribution is -2.34. The standard InChI is InChI=1S/C16H23FN2O4S/c1-8(2)18-13-12(9(3)21)24-15(22)19(13)14-11(16(4,5)17)6-10(7-20)23-14/h10-11,14,20H,6-7H2,1-5H3/t10-,11+,14+/m0/s1. The minimum atomic E-state index is -1.62. The van der Waals surface area contributed by atoms with E-state index in [9.17, 15) is 19.1 Å². The maximum absolute atomic E-state index is 14.7. The Hall–Kier alpha value is -1.38.